The number of carbonyl (C=O) groups excluding carboxylic acids is 10. The predicted molar refractivity (Wildman–Crippen MR) is 434 cm³/mol. The number of esters is 6. The average molecular weight is 1720 g/mol. The monoisotopic (exact) mass is 1720 g/mol. The lowest BCUT2D eigenvalue weighted by atomic mass is 10.1. The lowest BCUT2D eigenvalue weighted by Crippen LogP contribution is -2.32. The predicted octanol–water partition coefficient (Wildman–Crippen LogP) is 21.4. The molecule has 0 aliphatic heterocycles. The van der Waals surface area contributed by atoms with Crippen molar-refractivity contribution in [3.63, 3.8) is 0 Å². The lowest BCUT2D eigenvalue weighted by molar-refractivity contribution is -0.161. The van der Waals surface area contributed by atoms with Gasteiger partial charge in [0, 0.05) is 39.5 Å². The summed E-state index contributed by atoms with van der Waals surface area (Å²) in [5.74, 6) is -4.43. The van der Waals surface area contributed by atoms with Crippen molar-refractivity contribution in [2.24, 2.45) is 0 Å². The van der Waals surface area contributed by atoms with Crippen LogP contribution in [0.4, 0.5) is 19.2 Å². The van der Waals surface area contributed by atoms with Crippen LogP contribution in [-0.2, 0) is 131 Å². The van der Waals surface area contributed by atoms with Crippen LogP contribution in [0.2, 0.25) is 0 Å². The first-order valence-electron chi connectivity index (χ1n) is 43.8. The number of phosphoric acid groups is 2. The Kier molecular flexibility index (Phi) is 74.7. The molecule has 6 atom stereocenters. The maximum Gasteiger partial charge on any atom is 0.511 e. The molecule has 0 aliphatic rings. The van der Waals surface area contributed by atoms with E-state index >= 15 is 9.13 Å². The number of hydrogen-bond donors (Lipinski definition) is 0. The van der Waals surface area contributed by atoms with Crippen LogP contribution in [0.25, 0.3) is 0 Å². The van der Waals surface area contributed by atoms with E-state index in [9.17, 15) is 47.9 Å². The fraction of sp³-hybridized carbons (Fsp3) is 0.880. The number of phosphoric ester groups is 2. The Hall–Kier alpha value is -5.88. The van der Waals surface area contributed by atoms with Crippen LogP contribution in [0.1, 0.15) is 364 Å². The number of unbranched alkanes of at least 4 members (excludes halogenated alkanes) is 40. The van der Waals surface area contributed by atoms with Crippen LogP contribution in [-0.4, -0.2) is 171 Å². The fourth-order valence-corrected chi connectivity index (χ4v) is 13.9. The molecule has 117 heavy (non-hydrogen) atoms. The third kappa shape index (κ3) is 73.7. The van der Waals surface area contributed by atoms with E-state index in [1.54, 1.807) is 0 Å². The van der Waals surface area contributed by atoms with Crippen molar-refractivity contribution in [3.05, 3.63) is 0 Å². The van der Waals surface area contributed by atoms with Gasteiger partial charge in [0.2, 0.25) is 13.6 Å². The van der Waals surface area contributed by atoms with E-state index < -0.39 is 174 Å². The summed E-state index contributed by atoms with van der Waals surface area (Å²) in [5, 5.41) is 0. The van der Waals surface area contributed by atoms with Gasteiger partial charge < -0.3 is 66.3 Å². The summed E-state index contributed by atoms with van der Waals surface area (Å²) in [5.41, 5.74) is 0. The minimum absolute atomic E-state index is 0.0147. The van der Waals surface area contributed by atoms with E-state index in [0.29, 0.717) is 38.5 Å². The van der Waals surface area contributed by atoms with Gasteiger partial charge in [-0.05, 0) is 39.5 Å². The van der Waals surface area contributed by atoms with Gasteiger partial charge in [0.15, 0.2) is 31.2 Å². The summed E-state index contributed by atoms with van der Waals surface area (Å²) >= 11 is 0. The zero-order valence-corrected chi connectivity index (χ0v) is 74.2. The van der Waals surface area contributed by atoms with Crippen molar-refractivity contribution in [1.29, 1.82) is 0 Å². The molecular formula is C83H150O32P2. The first kappa shape index (κ1) is 111. The Balaban J connectivity index is 7.68. The Morgan fingerprint density at radius 2 is 0.436 bits per heavy atom. The van der Waals surface area contributed by atoms with Gasteiger partial charge in [-0.3, -0.25) is 55.9 Å². The highest BCUT2D eigenvalue weighted by molar-refractivity contribution is 7.49. The minimum atomic E-state index is -5.45. The Morgan fingerprint density at radius 1 is 0.214 bits per heavy atom. The summed E-state index contributed by atoms with van der Waals surface area (Å²) in [6.07, 6.45) is 32.6. The van der Waals surface area contributed by atoms with E-state index in [-0.39, 0.29) is 38.9 Å². The van der Waals surface area contributed by atoms with E-state index in [1.165, 1.54) is 117 Å². The van der Waals surface area contributed by atoms with Crippen molar-refractivity contribution in [3.8, 4) is 0 Å². The maximum absolute atomic E-state index is 15.3. The third-order valence-electron chi connectivity index (χ3n) is 18.2. The molecular weight excluding hydrogens is 1570 g/mol. The number of hydrogen-bond acceptors (Lipinski definition) is 32. The maximum atomic E-state index is 15.3. The molecule has 0 saturated carbocycles. The highest BCUT2D eigenvalue weighted by Gasteiger charge is 2.38. The molecule has 0 saturated heterocycles. The lowest BCUT2D eigenvalue weighted by Gasteiger charge is -2.26. The molecule has 0 fully saturated rings. The smallest absolute Gasteiger partial charge is 0.462 e. The summed E-state index contributed by atoms with van der Waals surface area (Å²) in [6, 6.07) is 0. The summed E-state index contributed by atoms with van der Waals surface area (Å²) in [6.45, 7) is 2.86. The molecule has 0 heterocycles. The van der Waals surface area contributed by atoms with Gasteiger partial charge in [-0.2, -0.15) is 0 Å². The van der Waals surface area contributed by atoms with Crippen molar-refractivity contribution in [2.45, 2.75) is 388 Å². The molecule has 32 nitrogen and oxygen atoms in total. The highest BCUT2D eigenvalue weighted by Crippen LogP contribution is 2.54. The summed E-state index contributed by atoms with van der Waals surface area (Å²) in [4.78, 5) is 128. The van der Waals surface area contributed by atoms with Gasteiger partial charge in [-0.1, -0.05) is 285 Å². The van der Waals surface area contributed by atoms with Gasteiger partial charge in [0.25, 0.3) is 0 Å². The first-order valence-corrected chi connectivity index (χ1v) is 46.8. The van der Waals surface area contributed by atoms with Crippen LogP contribution in [0, 0.1) is 0 Å². The molecule has 0 aliphatic carbocycles. The zero-order chi connectivity index (χ0) is 86.4. The molecule has 684 valence electrons. The number of ether oxygens (including phenoxy) is 14. The van der Waals surface area contributed by atoms with Gasteiger partial charge in [0.1, 0.15) is 26.4 Å². The largest absolute Gasteiger partial charge is 0.511 e. The quantitative estimate of drug-likeness (QED) is 0.0179. The van der Waals surface area contributed by atoms with Gasteiger partial charge >= 0.3 is 76.1 Å². The molecule has 0 aromatic rings. The SMILES string of the molecule is CCCCCCCCCCCCCC(=O)OC[C@H](COP(=O)(OCOP(=O)(OCC(COC(=O)OCC)OC(=O)OCOC(C)=O)OC[C@@H](COC(=O)CCCCCCCCCCCCC)OC(=O)CCCCCCCCCCCCC)OCC(COC(=O)OCC)OC(=O)OCOC(C)=O)OC(=O)CCCCCCCCCCCCC. The van der Waals surface area contributed by atoms with E-state index in [2.05, 4.69) is 37.2 Å². The zero-order valence-electron chi connectivity index (χ0n) is 72.4. The van der Waals surface area contributed by atoms with E-state index in [0.717, 1.165) is 155 Å². The standard InChI is InChI=1S/C83H150O32P2/c1-9-15-19-23-27-31-35-39-43-47-51-55-76(86)98-59-72(112-78(88)57-53-49-45-41-37-33-29-25-21-17-11-3)63-106-116(94,108-65-74(61-100-80(90)96-13-5)114-82(92)104-67-102-70(7)84)110-69-111-117(95,109-66-75(62-101-81(91)97-14-6)115-83(93)105-68-103-71(8)85)107-64-73(113-79(89)58-54-50-46-42-38-34-30-26-22-18-12-4)60-99-77(87)56-52-48-44-40-36-32-28-24-20-16-10-2/h72-75H,9-69H2,1-8H3/t72-,73-,74?,75?,116?,117?/m1/s1. The van der Waals surface area contributed by atoms with Crippen molar-refractivity contribution >= 4 is 76.1 Å². The summed E-state index contributed by atoms with van der Waals surface area (Å²) in [7, 11) is -10.9. The molecule has 0 amide bonds. The third-order valence-corrected chi connectivity index (χ3v) is 20.9. The molecule has 0 bridgehead atoms. The Morgan fingerprint density at radius 3 is 0.675 bits per heavy atom. The number of rotatable bonds is 82. The first-order chi connectivity index (χ1) is 56.5. The Labute approximate surface area is 698 Å². The van der Waals surface area contributed by atoms with Crippen LogP contribution in [0.3, 0.4) is 0 Å². The fourth-order valence-electron chi connectivity index (χ4n) is 11.6. The minimum Gasteiger partial charge on any atom is -0.462 e. The molecule has 0 spiro atoms. The van der Waals surface area contributed by atoms with Gasteiger partial charge in [0.05, 0.1) is 39.6 Å². The average Bonchev–Trinajstić information content (AvgIpc) is 0.858. The van der Waals surface area contributed by atoms with Crippen LogP contribution in [0.5, 0.6) is 0 Å². The second kappa shape index (κ2) is 78.6. The van der Waals surface area contributed by atoms with E-state index in [1.807, 2.05) is 0 Å². The molecule has 0 radical (unpaired) electrons. The molecule has 0 aromatic heterocycles. The van der Waals surface area contributed by atoms with Crippen molar-refractivity contribution in [1.82, 2.24) is 0 Å². The topological polar surface area (TPSA) is 389 Å². The van der Waals surface area contributed by atoms with Crippen LogP contribution in [0.15, 0.2) is 0 Å². The van der Waals surface area contributed by atoms with Crippen molar-refractivity contribution < 1.29 is 151 Å². The summed E-state index contributed by atoms with van der Waals surface area (Å²) < 4.78 is 137. The molecule has 34 heteroatoms. The second-order valence-corrected chi connectivity index (χ2v) is 32.3. The molecule has 0 aromatic carbocycles. The van der Waals surface area contributed by atoms with Crippen molar-refractivity contribution in [2.75, 3.05) is 86.4 Å². The highest BCUT2D eigenvalue weighted by atomic mass is 31.2. The molecule has 0 rings (SSSR count). The second-order valence-electron chi connectivity index (χ2n) is 28.9. The van der Waals surface area contributed by atoms with Gasteiger partial charge in [-0.25, -0.2) is 28.3 Å². The molecule has 4 unspecified atom stereocenters. The van der Waals surface area contributed by atoms with Crippen LogP contribution < -0.4 is 0 Å². The number of carbonyl (C=O) groups is 10. The van der Waals surface area contributed by atoms with Crippen LogP contribution >= 0.6 is 15.6 Å². The normalized spacial score (nSPS) is 13.3. The van der Waals surface area contributed by atoms with Gasteiger partial charge in [-0.15, -0.1) is 0 Å². The molecule has 0 N–H and O–H groups in total. The van der Waals surface area contributed by atoms with E-state index in [4.69, 9.17) is 84.0 Å². The Bertz CT molecular complexity index is 2460.